The van der Waals surface area contributed by atoms with Crippen LogP contribution >= 0.6 is 11.6 Å². The van der Waals surface area contributed by atoms with Gasteiger partial charge in [-0.15, -0.1) is 0 Å². The van der Waals surface area contributed by atoms with Gasteiger partial charge in [0, 0.05) is 19.0 Å². The number of likely N-dealkylation sites (tertiary alicyclic amines) is 1. The monoisotopic (exact) mass is 376 g/mol. The summed E-state index contributed by atoms with van der Waals surface area (Å²) in [6.45, 7) is 3.67. The topological polar surface area (TPSA) is 49.4 Å². The van der Waals surface area contributed by atoms with Crippen molar-refractivity contribution in [3.63, 3.8) is 0 Å². The van der Waals surface area contributed by atoms with Gasteiger partial charge in [0.25, 0.3) is 0 Å². The molecule has 1 N–H and O–H groups in total. The minimum absolute atomic E-state index is 0.0668. The lowest BCUT2D eigenvalue weighted by Crippen LogP contribution is -2.48. The molecule has 0 aliphatic carbocycles. The van der Waals surface area contributed by atoms with Gasteiger partial charge in [0.1, 0.15) is 6.04 Å². The molecule has 1 aliphatic rings. The van der Waals surface area contributed by atoms with Crippen LogP contribution in [0.3, 0.4) is 0 Å². The van der Waals surface area contributed by atoms with Crippen molar-refractivity contribution in [1.29, 1.82) is 0 Å². The highest BCUT2D eigenvalue weighted by atomic mass is 35.5. The third-order valence-corrected chi connectivity index (χ3v) is 4.91. The quantitative estimate of drug-likeness (QED) is 0.850. The zero-order chi connectivity index (χ0) is 18.8. The summed E-state index contributed by atoms with van der Waals surface area (Å²) < 4.78 is 38.6. The number of hydrogen-bond acceptors (Lipinski definition) is 2. The molecule has 0 saturated carbocycles. The van der Waals surface area contributed by atoms with Gasteiger partial charge in [-0.3, -0.25) is 9.59 Å². The van der Waals surface area contributed by atoms with Crippen molar-refractivity contribution in [3.8, 4) is 0 Å². The molecular formula is C17H20ClF3N2O2. The van der Waals surface area contributed by atoms with Crippen LogP contribution in [0.2, 0.25) is 5.02 Å². The molecule has 1 aliphatic heterocycles. The molecule has 0 spiro atoms. The molecule has 1 heterocycles. The third-order valence-electron chi connectivity index (χ3n) is 4.46. The summed E-state index contributed by atoms with van der Waals surface area (Å²) in [5, 5.41) is 2.19. The molecule has 0 aromatic heterocycles. The molecule has 2 unspecified atom stereocenters. The van der Waals surface area contributed by atoms with E-state index in [9.17, 15) is 22.8 Å². The zero-order valence-electron chi connectivity index (χ0n) is 14.0. The van der Waals surface area contributed by atoms with Crippen molar-refractivity contribution in [1.82, 2.24) is 10.2 Å². The van der Waals surface area contributed by atoms with E-state index in [0.717, 1.165) is 12.5 Å². The second-order valence-corrected chi connectivity index (χ2v) is 6.48. The molecule has 0 bridgehead atoms. The Morgan fingerprint density at radius 3 is 2.72 bits per heavy atom. The maximum atomic E-state index is 12.9. The molecule has 1 aromatic rings. The summed E-state index contributed by atoms with van der Waals surface area (Å²) in [4.78, 5) is 25.9. The number of hydrogen-bond donors (Lipinski definition) is 1. The highest BCUT2D eigenvalue weighted by Gasteiger charge is 2.38. The Morgan fingerprint density at radius 2 is 2.12 bits per heavy atom. The van der Waals surface area contributed by atoms with Crippen LogP contribution in [0.4, 0.5) is 13.2 Å². The van der Waals surface area contributed by atoms with Crippen LogP contribution in [0.5, 0.6) is 0 Å². The number of amides is 2. The fourth-order valence-electron chi connectivity index (χ4n) is 2.94. The lowest BCUT2D eigenvalue weighted by atomic mass is 10.1. The Hall–Kier alpha value is -1.76. The Kier molecular flexibility index (Phi) is 5.98. The minimum atomic E-state index is -4.55. The Balaban J connectivity index is 2.09. The van der Waals surface area contributed by atoms with Gasteiger partial charge in [-0.05, 0) is 31.4 Å². The van der Waals surface area contributed by atoms with Crippen LogP contribution in [0.25, 0.3) is 0 Å². The van der Waals surface area contributed by atoms with Crippen LogP contribution < -0.4 is 5.32 Å². The molecule has 25 heavy (non-hydrogen) atoms. The summed E-state index contributed by atoms with van der Waals surface area (Å²) in [5.41, 5.74) is -0.748. The molecule has 2 amide bonds. The SMILES string of the molecule is CCC(C)N1C(=O)CCC1C(=O)NCc1cccc(C(F)(F)F)c1Cl. The van der Waals surface area contributed by atoms with E-state index in [1.165, 1.54) is 12.1 Å². The maximum absolute atomic E-state index is 12.9. The Labute approximate surface area is 149 Å². The number of halogens is 4. The lowest BCUT2D eigenvalue weighted by molar-refractivity contribution is -0.137. The van der Waals surface area contributed by atoms with Crippen molar-refractivity contribution in [2.24, 2.45) is 0 Å². The van der Waals surface area contributed by atoms with Gasteiger partial charge >= 0.3 is 6.18 Å². The maximum Gasteiger partial charge on any atom is 0.417 e. The summed E-state index contributed by atoms with van der Waals surface area (Å²) in [6, 6.07) is 2.92. The van der Waals surface area contributed by atoms with Gasteiger partial charge in [0.05, 0.1) is 10.6 Å². The van der Waals surface area contributed by atoms with Gasteiger partial charge in [0.15, 0.2) is 0 Å². The van der Waals surface area contributed by atoms with Gasteiger partial charge in [0.2, 0.25) is 11.8 Å². The van der Waals surface area contributed by atoms with E-state index in [2.05, 4.69) is 5.32 Å². The normalized spacial score (nSPS) is 19.2. The summed E-state index contributed by atoms with van der Waals surface area (Å²) in [7, 11) is 0. The fourth-order valence-corrected chi connectivity index (χ4v) is 3.24. The highest BCUT2D eigenvalue weighted by Crippen LogP contribution is 2.36. The standard InChI is InChI=1S/C17H20ClF3N2O2/c1-3-10(2)23-13(7-8-14(23)24)16(25)22-9-11-5-4-6-12(15(11)18)17(19,20)21/h4-6,10,13H,3,7-9H2,1-2H3,(H,22,25). The fraction of sp³-hybridized carbons (Fsp3) is 0.529. The van der Waals surface area contributed by atoms with Crippen molar-refractivity contribution in [2.45, 2.75) is 57.9 Å². The Bertz CT molecular complexity index is 664. The molecule has 1 aromatic carbocycles. The van der Waals surface area contributed by atoms with Crippen molar-refractivity contribution >= 4 is 23.4 Å². The van der Waals surface area contributed by atoms with Crippen molar-refractivity contribution in [3.05, 3.63) is 34.3 Å². The van der Waals surface area contributed by atoms with Crippen molar-refractivity contribution in [2.75, 3.05) is 0 Å². The van der Waals surface area contributed by atoms with Crippen LogP contribution in [-0.4, -0.2) is 28.8 Å². The molecule has 2 rings (SSSR count). The van der Waals surface area contributed by atoms with Crippen molar-refractivity contribution < 1.29 is 22.8 Å². The molecule has 0 radical (unpaired) electrons. The average Bonchev–Trinajstić information content (AvgIpc) is 2.93. The number of benzene rings is 1. The van der Waals surface area contributed by atoms with Gasteiger partial charge in [-0.25, -0.2) is 0 Å². The molecule has 2 atom stereocenters. The first kappa shape index (κ1) is 19.6. The predicted molar refractivity (Wildman–Crippen MR) is 87.9 cm³/mol. The molecule has 4 nitrogen and oxygen atoms in total. The second kappa shape index (κ2) is 7.64. The molecule has 138 valence electrons. The first-order valence-corrected chi connectivity index (χ1v) is 8.48. The number of nitrogens with zero attached hydrogens (tertiary/aromatic N) is 1. The first-order valence-electron chi connectivity index (χ1n) is 8.10. The number of carbonyl (C=O) groups is 2. The average molecular weight is 377 g/mol. The van der Waals surface area contributed by atoms with E-state index in [4.69, 9.17) is 11.6 Å². The van der Waals surface area contributed by atoms with E-state index in [0.29, 0.717) is 12.8 Å². The smallest absolute Gasteiger partial charge is 0.350 e. The van der Waals surface area contributed by atoms with Crippen LogP contribution in [-0.2, 0) is 22.3 Å². The zero-order valence-corrected chi connectivity index (χ0v) is 14.7. The van der Waals surface area contributed by atoms with Crippen LogP contribution in [0.15, 0.2) is 18.2 Å². The molecule has 1 saturated heterocycles. The molecule has 1 fully saturated rings. The lowest BCUT2D eigenvalue weighted by Gasteiger charge is -2.29. The number of nitrogens with one attached hydrogen (secondary N) is 1. The van der Waals surface area contributed by atoms with E-state index in [-0.39, 0.29) is 30.0 Å². The molecule has 8 heteroatoms. The van der Waals surface area contributed by atoms with Crippen LogP contribution in [0, 0.1) is 0 Å². The highest BCUT2D eigenvalue weighted by molar-refractivity contribution is 6.32. The second-order valence-electron chi connectivity index (χ2n) is 6.11. The Morgan fingerprint density at radius 1 is 1.44 bits per heavy atom. The van der Waals surface area contributed by atoms with E-state index >= 15 is 0 Å². The largest absolute Gasteiger partial charge is 0.417 e. The number of alkyl halides is 3. The minimum Gasteiger partial charge on any atom is -0.350 e. The summed E-state index contributed by atoms with van der Waals surface area (Å²) in [6.07, 6.45) is -3.13. The van der Waals surface area contributed by atoms with E-state index in [1.807, 2.05) is 13.8 Å². The summed E-state index contributed by atoms with van der Waals surface area (Å²) in [5.74, 6) is -0.453. The van der Waals surface area contributed by atoms with Crippen LogP contribution in [0.1, 0.15) is 44.2 Å². The third kappa shape index (κ3) is 4.26. The number of rotatable bonds is 5. The first-order chi connectivity index (χ1) is 11.7. The van der Waals surface area contributed by atoms with Gasteiger partial charge in [-0.2, -0.15) is 13.2 Å². The number of carbonyl (C=O) groups excluding carboxylic acids is 2. The van der Waals surface area contributed by atoms with E-state index < -0.39 is 22.8 Å². The van der Waals surface area contributed by atoms with Gasteiger partial charge < -0.3 is 10.2 Å². The summed E-state index contributed by atoms with van der Waals surface area (Å²) >= 11 is 5.83. The molecular weight excluding hydrogens is 357 g/mol. The van der Waals surface area contributed by atoms with Gasteiger partial charge in [-0.1, -0.05) is 30.7 Å². The predicted octanol–water partition coefficient (Wildman–Crippen LogP) is 3.76. The van der Waals surface area contributed by atoms with E-state index in [1.54, 1.807) is 4.90 Å².